The van der Waals surface area contributed by atoms with E-state index >= 15 is 0 Å². The number of benzene rings is 1. The van der Waals surface area contributed by atoms with E-state index in [4.69, 9.17) is 22.1 Å². The molecule has 2 N–H and O–H groups in total. The van der Waals surface area contributed by atoms with Crippen molar-refractivity contribution < 1.29 is 9.13 Å². The topological polar surface area (TPSA) is 61.0 Å². The summed E-state index contributed by atoms with van der Waals surface area (Å²) in [7, 11) is 0. The molecule has 104 valence electrons. The number of nitrogens with zero attached hydrogens (tertiary/aromatic N) is 2. The third-order valence-electron chi connectivity index (χ3n) is 3.22. The van der Waals surface area contributed by atoms with Crippen molar-refractivity contribution >= 4 is 17.4 Å². The van der Waals surface area contributed by atoms with Crippen molar-refractivity contribution in [3.8, 4) is 11.6 Å². The van der Waals surface area contributed by atoms with E-state index in [0.29, 0.717) is 23.1 Å². The first-order valence-electron chi connectivity index (χ1n) is 6.32. The van der Waals surface area contributed by atoms with Gasteiger partial charge in [-0.1, -0.05) is 17.7 Å². The van der Waals surface area contributed by atoms with Gasteiger partial charge in [0.05, 0.1) is 10.6 Å². The molecule has 0 unspecified atom stereocenters. The highest BCUT2D eigenvalue weighted by Crippen LogP contribution is 2.40. The van der Waals surface area contributed by atoms with Crippen LogP contribution < -0.4 is 10.5 Å². The molecule has 2 aromatic rings. The van der Waals surface area contributed by atoms with Crippen LogP contribution in [-0.4, -0.2) is 9.97 Å². The second kappa shape index (κ2) is 4.90. The number of hydrogen-bond acceptors (Lipinski definition) is 4. The molecule has 0 radical (unpaired) electrons. The second-order valence-corrected chi connectivity index (χ2v) is 5.23. The normalized spacial score (nSPS) is 14.3. The molecule has 6 heteroatoms. The second-order valence-electron chi connectivity index (χ2n) is 4.83. The lowest BCUT2D eigenvalue weighted by atomic mass is 10.3. The SMILES string of the molecule is Cc1c(N)nc(C2CC2)nc1Oc1cccc(Cl)c1F. The van der Waals surface area contributed by atoms with Crippen LogP contribution in [0.5, 0.6) is 11.6 Å². The van der Waals surface area contributed by atoms with E-state index in [-0.39, 0.29) is 16.7 Å². The molecule has 0 saturated heterocycles. The summed E-state index contributed by atoms with van der Waals surface area (Å²) in [6.45, 7) is 1.74. The van der Waals surface area contributed by atoms with E-state index in [1.807, 2.05) is 0 Å². The number of rotatable bonds is 3. The maximum atomic E-state index is 13.9. The summed E-state index contributed by atoms with van der Waals surface area (Å²) in [5.74, 6) is 1.05. The summed E-state index contributed by atoms with van der Waals surface area (Å²) < 4.78 is 19.4. The van der Waals surface area contributed by atoms with Crippen LogP contribution in [0.4, 0.5) is 10.2 Å². The Morgan fingerprint density at radius 3 is 2.80 bits per heavy atom. The molecule has 0 spiro atoms. The Bertz CT molecular complexity index is 674. The fraction of sp³-hybridized carbons (Fsp3) is 0.286. The van der Waals surface area contributed by atoms with Gasteiger partial charge in [0, 0.05) is 5.92 Å². The largest absolute Gasteiger partial charge is 0.435 e. The highest BCUT2D eigenvalue weighted by molar-refractivity contribution is 6.30. The van der Waals surface area contributed by atoms with Crippen molar-refractivity contribution in [1.29, 1.82) is 0 Å². The Morgan fingerprint density at radius 1 is 1.35 bits per heavy atom. The Labute approximate surface area is 120 Å². The summed E-state index contributed by atoms with van der Waals surface area (Å²) in [6, 6.07) is 4.57. The summed E-state index contributed by atoms with van der Waals surface area (Å²) in [6.07, 6.45) is 2.10. The van der Waals surface area contributed by atoms with Crippen molar-refractivity contribution in [2.75, 3.05) is 5.73 Å². The zero-order valence-corrected chi connectivity index (χ0v) is 11.6. The van der Waals surface area contributed by atoms with Crippen LogP contribution in [0, 0.1) is 12.7 Å². The van der Waals surface area contributed by atoms with Crippen LogP contribution in [-0.2, 0) is 0 Å². The van der Waals surface area contributed by atoms with Crippen molar-refractivity contribution in [3.63, 3.8) is 0 Å². The van der Waals surface area contributed by atoms with Gasteiger partial charge in [-0.15, -0.1) is 0 Å². The average molecular weight is 294 g/mol. The first kappa shape index (κ1) is 13.1. The molecule has 0 bridgehead atoms. The molecule has 4 nitrogen and oxygen atoms in total. The van der Waals surface area contributed by atoms with Gasteiger partial charge in [-0.25, -0.2) is 9.37 Å². The standard InChI is InChI=1S/C14H13ClFN3O/c1-7-12(17)18-13(8-5-6-8)19-14(7)20-10-4-2-3-9(15)11(10)16/h2-4,8H,5-6H2,1H3,(H2,17,18,19). The minimum absolute atomic E-state index is 0.00426. The summed E-state index contributed by atoms with van der Waals surface area (Å²) >= 11 is 5.73. The van der Waals surface area contributed by atoms with Gasteiger partial charge >= 0.3 is 0 Å². The third-order valence-corrected chi connectivity index (χ3v) is 3.51. The number of anilines is 1. The van der Waals surface area contributed by atoms with Crippen molar-refractivity contribution in [1.82, 2.24) is 9.97 Å². The predicted molar refractivity (Wildman–Crippen MR) is 74.6 cm³/mol. The lowest BCUT2D eigenvalue weighted by Crippen LogP contribution is -2.04. The minimum atomic E-state index is -0.612. The van der Waals surface area contributed by atoms with Crippen LogP contribution in [0.1, 0.15) is 30.1 Å². The number of aromatic nitrogens is 2. The molecular weight excluding hydrogens is 281 g/mol. The van der Waals surface area contributed by atoms with Crippen LogP contribution in [0.25, 0.3) is 0 Å². The predicted octanol–water partition coefficient (Wildman–Crippen LogP) is 3.83. The number of nitrogen functional groups attached to an aromatic ring is 1. The van der Waals surface area contributed by atoms with Gasteiger partial charge in [0.15, 0.2) is 11.6 Å². The number of halogens is 2. The molecular formula is C14H13ClFN3O. The molecule has 20 heavy (non-hydrogen) atoms. The molecule has 0 aliphatic heterocycles. The lowest BCUT2D eigenvalue weighted by Gasteiger charge is -2.11. The van der Waals surface area contributed by atoms with Crippen molar-refractivity contribution in [2.45, 2.75) is 25.7 Å². The number of hydrogen-bond donors (Lipinski definition) is 1. The fourth-order valence-electron chi connectivity index (χ4n) is 1.82. The fourth-order valence-corrected chi connectivity index (χ4v) is 1.99. The van der Waals surface area contributed by atoms with E-state index in [2.05, 4.69) is 9.97 Å². The first-order chi connectivity index (χ1) is 9.56. The maximum Gasteiger partial charge on any atom is 0.227 e. The van der Waals surface area contributed by atoms with Crippen LogP contribution in [0.3, 0.4) is 0 Å². The van der Waals surface area contributed by atoms with Crippen LogP contribution >= 0.6 is 11.6 Å². The number of nitrogens with two attached hydrogens (primary N) is 1. The van der Waals surface area contributed by atoms with Crippen molar-refractivity contribution in [2.24, 2.45) is 0 Å². The molecule has 1 fully saturated rings. The van der Waals surface area contributed by atoms with E-state index in [1.54, 1.807) is 13.0 Å². The van der Waals surface area contributed by atoms with Gasteiger partial charge in [-0.3, -0.25) is 0 Å². The van der Waals surface area contributed by atoms with E-state index in [0.717, 1.165) is 12.8 Å². The Hall–Kier alpha value is -1.88. The molecule has 1 aromatic heterocycles. The van der Waals surface area contributed by atoms with Gasteiger partial charge in [0.1, 0.15) is 11.6 Å². The lowest BCUT2D eigenvalue weighted by molar-refractivity contribution is 0.422. The zero-order valence-electron chi connectivity index (χ0n) is 10.9. The van der Waals surface area contributed by atoms with Gasteiger partial charge < -0.3 is 10.5 Å². The average Bonchev–Trinajstić information content (AvgIpc) is 3.24. The van der Waals surface area contributed by atoms with Gasteiger partial charge in [-0.05, 0) is 31.9 Å². The minimum Gasteiger partial charge on any atom is -0.435 e. The van der Waals surface area contributed by atoms with Gasteiger partial charge in [0.2, 0.25) is 5.88 Å². The molecule has 0 amide bonds. The summed E-state index contributed by atoms with van der Waals surface area (Å²) in [4.78, 5) is 8.58. The first-order valence-corrected chi connectivity index (χ1v) is 6.70. The molecule has 1 aliphatic rings. The molecule has 3 rings (SSSR count). The van der Waals surface area contributed by atoms with Crippen LogP contribution in [0.2, 0.25) is 5.02 Å². The van der Waals surface area contributed by atoms with E-state index in [9.17, 15) is 4.39 Å². The molecule has 0 atom stereocenters. The molecule has 1 aromatic carbocycles. The highest BCUT2D eigenvalue weighted by atomic mass is 35.5. The monoisotopic (exact) mass is 293 g/mol. The zero-order chi connectivity index (χ0) is 14.3. The Balaban J connectivity index is 1.99. The van der Waals surface area contributed by atoms with Gasteiger partial charge in [-0.2, -0.15) is 4.98 Å². The summed E-state index contributed by atoms with van der Waals surface area (Å²) in [5, 5.41) is 0.00426. The smallest absolute Gasteiger partial charge is 0.227 e. The van der Waals surface area contributed by atoms with Gasteiger partial charge in [0.25, 0.3) is 0 Å². The molecule has 1 heterocycles. The molecule has 1 aliphatic carbocycles. The highest BCUT2D eigenvalue weighted by Gasteiger charge is 2.28. The summed E-state index contributed by atoms with van der Waals surface area (Å²) in [5.41, 5.74) is 6.45. The van der Waals surface area contributed by atoms with Crippen LogP contribution in [0.15, 0.2) is 18.2 Å². The van der Waals surface area contributed by atoms with E-state index in [1.165, 1.54) is 12.1 Å². The maximum absolute atomic E-state index is 13.9. The Morgan fingerprint density at radius 2 is 2.10 bits per heavy atom. The quantitative estimate of drug-likeness (QED) is 0.934. The Kier molecular flexibility index (Phi) is 3.22. The molecule has 1 saturated carbocycles. The third kappa shape index (κ3) is 2.41. The van der Waals surface area contributed by atoms with E-state index < -0.39 is 5.82 Å². The number of ether oxygens (including phenoxy) is 1. The van der Waals surface area contributed by atoms with Crippen molar-refractivity contribution in [3.05, 3.63) is 40.4 Å².